The molecule has 0 aliphatic heterocycles. The number of fused-ring (bicyclic) bond motifs is 1. The minimum Gasteiger partial charge on any atom is -0.232 e. The van der Waals surface area contributed by atoms with Crippen molar-refractivity contribution in [1.29, 1.82) is 0 Å². The number of alkyl halides is 3. The van der Waals surface area contributed by atoms with Crippen LogP contribution in [0.1, 0.15) is 30.1 Å². The van der Waals surface area contributed by atoms with Crippen molar-refractivity contribution in [2.45, 2.75) is 24.9 Å². The van der Waals surface area contributed by atoms with E-state index in [0.717, 1.165) is 23.4 Å². The Kier molecular flexibility index (Phi) is 2.13. The van der Waals surface area contributed by atoms with Crippen molar-refractivity contribution in [2.24, 2.45) is 0 Å². The van der Waals surface area contributed by atoms with E-state index in [0.29, 0.717) is 5.69 Å². The SMILES string of the molecule is FC(F)(F)c1cc(C2CC2)nc2c(Cl)cnn12. The van der Waals surface area contributed by atoms with Crippen molar-refractivity contribution in [3.05, 3.63) is 28.7 Å². The van der Waals surface area contributed by atoms with Crippen molar-refractivity contribution in [3.8, 4) is 0 Å². The molecule has 3 rings (SSSR count). The van der Waals surface area contributed by atoms with Crippen LogP contribution in [-0.2, 0) is 6.18 Å². The van der Waals surface area contributed by atoms with E-state index in [2.05, 4.69) is 10.1 Å². The van der Waals surface area contributed by atoms with E-state index in [1.807, 2.05) is 0 Å². The fraction of sp³-hybridized carbons (Fsp3) is 0.400. The van der Waals surface area contributed by atoms with Crippen molar-refractivity contribution in [2.75, 3.05) is 0 Å². The summed E-state index contributed by atoms with van der Waals surface area (Å²) in [6, 6.07) is 1.06. The lowest BCUT2D eigenvalue weighted by atomic mass is 10.2. The van der Waals surface area contributed by atoms with Crippen LogP contribution in [0.5, 0.6) is 0 Å². The van der Waals surface area contributed by atoms with Gasteiger partial charge in [0.2, 0.25) is 0 Å². The molecular weight excluding hydrogens is 255 g/mol. The van der Waals surface area contributed by atoms with Gasteiger partial charge in [-0.05, 0) is 18.9 Å². The van der Waals surface area contributed by atoms with E-state index in [-0.39, 0.29) is 16.6 Å². The number of rotatable bonds is 1. The van der Waals surface area contributed by atoms with Gasteiger partial charge in [-0.1, -0.05) is 11.6 Å². The highest BCUT2D eigenvalue weighted by molar-refractivity contribution is 6.33. The van der Waals surface area contributed by atoms with Crippen LogP contribution in [0.15, 0.2) is 12.3 Å². The van der Waals surface area contributed by atoms with E-state index in [9.17, 15) is 13.2 Å². The fourth-order valence-corrected chi connectivity index (χ4v) is 1.91. The number of hydrogen-bond acceptors (Lipinski definition) is 2. The van der Waals surface area contributed by atoms with Crippen LogP contribution >= 0.6 is 11.6 Å². The zero-order valence-corrected chi connectivity index (χ0v) is 9.26. The normalized spacial score (nSPS) is 16.7. The predicted octanol–water partition coefficient (Wildman–Crippen LogP) is 3.28. The molecule has 0 spiro atoms. The molecule has 0 radical (unpaired) electrons. The van der Waals surface area contributed by atoms with Crippen LogP contribution in [0.2, 0.25) is 5.02 Å². The molecule has 0 N–H and O–H groups in total. The molecule has 0 aromatic carbocycles. The van der Waals surface area contributed by atoms with Crippen molar-refractivity contribution in [1.82, 2.24) is 14.6 Å². The molecule has 2 aromatic rings. The van der Waals surface area contributed by atoms with Crippen LogP contribution in [0.25, 0.3) is 5.65 Å². The van der Waals surface area contributed by atoms with Crippen molar-refractivity contribution in [3.63, 3.8) is 0 Å². The molecule has 0 bridgehead atoms. The molecule has 7 heteroatoms. The van der Waals surface area contributed by atoms with Gasteiger partial charge in [-0.15, -0.1) is 0 Å². The Morgan fingerprint density at radius 1 is 1.35 bits per heavy atom. The van der Waals surface area contributed by atoms with Gasteiger partial charge in [-0.2, -0.15) is 18.3 Å². The highest BCUT2D eigenvalue weighted by Gasteiger charge is 2.37. The van der Waals surface area contributed by atoms with E-state index in [1.54, 1.807) is 0 Å². The number of halogens is 4. The zero-order chi connectivity index (χ0) is 12.2. The second-order valence-corrected chi connectivity index (χ2v) is 4.47. The summed E-state index contributed by atoms with van der Waals surface area (Å²) in [7, 11) is 0. The molecule has 1 fully saturated rings. The van der Waals surface area contributed by atoms with Crippen LogP contribution in [0.4, 0.5) is 13.2 Å². The topological polar surface area (TPSA) is 30.2 Å². The maximum Gasteiger partial charge on any atom is 0.433 e. The Hall–Kier alpha value is -1.30. The Morgan fingerprint density at radius 2 is 2.06 bits per heavy atom. The molecule has 0 atom stereocenters. The van der Waals surface area contributed by atoms with E-state index < -0.39 is 11.9 Å². The first-order valence-corrected chi connectivity index (χ1v) is 5.46. The van der Waals surface area contributed by atoms with E-state index >= 15 is 0 Å². The second-order valence-electron chi connectivity index (χ2n) is 4.07. The largest absolute Gasteiger partial charge is 0.433 e. The monoisotopic (exact) mass is 261 g/mol. The molecule has 1 saturated carbocycles. The average Bonchev–Trinajstić information content (AvgIpc) is 3.02. The Balaban J connectivity index is 2.30. The van der Waals surface area contributed by atoms with Crippen molar-refractivity contribution >= 4 is 17.2 Å². The highest BCUT2D eigenvalue weighted by atomic mass is 35.5. The summed E-state index contributed by atoms with van der Waals surface area (Å²) in [5.41, 5.74) is -0.299. The smallest absolute Gasteiger partial charge is 0.232 e. The third kappa shape index (κ3) is 1.76. The fourth-order valence-electron chi connectivity index (χ4n) is 1.75. The second kappa shape index (κ2) is 3.35. The van der Waals surface area contributed by atoms with Gasteiger partial charge in [0.15, 0.2) is 5.65 Å². The quantitative estimate of drug-likeness (QED) is 0.789. The first-order chi connectivity index (χ1) is 7.97. The maximum atomic E-state index is 12.9. The molecule has 2 aromatic heterocycles. The van der Waals surface area contributed by atoms with E-state index in [1.165, 1.54) is 6.20 Å². The van der Waals surface area contributed by atoms with Gasteiger partial charge in [-0.25, -0.2) is 9.50 Å². The van der Waals surface area contributed by atoms with Gasteiger partial charge in [-0.3, -0.25) is 0 Å². The third-order valence-corrected chi connectivity index (χ3v) is 3.00. The molecule has 3 nitrogen and oxygen atoms in total. The molecule has 1 aliphatic rings. The summed E-state index contributed by atoms with van der Waals surface area (Å²) in [5.74, 6) is 0.132. The Morgan fingerprint density at radius 3 is 2.65 bits per heavy atom. The van der Waals surface area contributed by atoms with Crippen LogP contribution < -0.4 is 0 Å². The molecule has 0 saturated heterocycles. The van der Waals surface area contributed by atoms with Gasteiger partial charge < -0.3 is 0 Å². The summed E-state index contributed by atoms with van der Waals surface area (Å²) in [5, 5.41) is 3.74. The zero-order valence-electron chi connectivity index (χ0n) is 8.50. The summed E-state index contributed by atoms with van der Waals surface area (Å²) in [4.78, 5) is 4.14. The molecule has 1 aliphatic carbocycles. The predicted molar refractivity (Wildman–Crippen MR) is 55.0 cm³/mol. The standard InChI is InChI=1S/C10H7ClF3N3/c11-6-4-15-17-8(10(12,13)14)3-7(5-1-2-5)16-9(6)17/h3-5H,1-2H2. The molecule has 90 valence electrons. The lowest BCUT2D eigenvalue weighted by molar-refractivity contribution is -0.142. The molecule has 17 heavy (non-hydrogen) atoms. The minimum absolute atomic E-state index is 0.0726. The number of nitrogens with zero attached hydrogens (tertiary/aromatic N) is 3. The summed E-state index contributed by atoms with van der Waals surface area (Å²) >= 11 is 5.78. The average molecular weight is 262 g/mol. The van der Waals surface area contributed by atoms with Gasteiger partial charge in [0, 0.05) is 11.6 Å². The van der Waals surface area contributed by atoms with Gasteiger partial charge in [0.05, 0.1) is 6.20 Å². The Bertz CT molecular complexity index is 586. The lowest BCUT2D eigenvalue weighted by Gasteiger charge is -2.10. The van der Waals surface area contributed by atoms with Crippen LogP contribution in [0.3, 0.4) is 0 Å². The van der Waals surface area contributed by atoms with Crippen molar-refractivity contribution < 1.29 is 13.2 Å². The van der Waals surface area contributed by atoms with Crippen LogP contribution in [-0.4, -0.2) is 14.6 Å². The first kappa shape index (κ1) is 10.8. The number of hydrogen-bond donors (Lipinski definition) is 0. The number of aromatic nitrogens is 3. The van der Waals surface area contributed by atoms with Gasteiger partial charge in [0.25, 0.3) is 0 Å². The lowest BCUT2D eigenvalue weighted by Crippen LogP contribution is -2.14. The summed E-state index contributed by atoms with van der Waals surface area (Å²) < 4.78 is 39.3. The minimum atomic E-state index is -4.46. The summed E-state index contributed by atoms with van der Waals surface area (Å²) in [6.45, 7) is 0. The first-order valence-electron chi connectivity index (χ1n) is 5.08. The maximum absolute atomic E-state index is 12.9. The summed E-state index contributed by atoms with van der Waals surface area (Å²) in [6.07, 6.45) is -1.52. The Labute approximate surface area is 99.2 Å². The highest BCUT2D eigenvalue weighted by Crippen LogP contribution is 2.41. The van der Waals surface area contributed by atoms with Crippen LogP contribution in [0, 0.1) is 0 Å². The molecule has 0 unspecified atom stereocenters. The van der Waals surface area contributed by atoms with E-state index in [4.69, 9.17) is 11.6 Å². The van der Waals surface area contributed by atoms with Gasteiger partial charge in [0.1, 0.15) is 10.7 Å². The molecule has 0 amide bonds. The molecular formula is C10H7ClF3N3. The molecule has 2 heterocycles. The third-order valence-electron chi connectivity index (χ3n) is 2.73. The van der Waals surface area contributed by atoms with Gasteiger partial charge >= 0.3 is 6.18 Å².